The lowest BCUT2D eigenvalue weighted by molar-refractivity contribution is -0.113. The molecule has 0 rings (SSSR count). The fraction of sp³-hybridized carbons (Fsp3) is 0.900. The number of rotatable bonds is 18. The van der Waals surface area contributed by atoms with Gasteiger partial charge in [0.15, 0.2) is 0 Å². The number of hydrogen-bond acceptors (Lipinski definition) is 2. The number of halogens is 2. The second-order valence-corrected chi connectivity index (χ2v) is 7.81. The lowest BCUT2D eigenvalue weighted by Gasteiger charge is -2.11. The first-order valence-corrected chi connectivity index (χ1v) is 10.7. The highest BCUT2D eigenvalue weighted by Gasteiger charge is 2.09. The maximum atomic E-state index is 10.9. The van der Waals surface area contributed by atoms with Crippen molar-refractivity contribution in [3.63, 3.8) is 0 Å². The number of carbonyl (C=O) groups excluding carboxylic acids is 2. The van der Waals surface area contributed by atoms with E-state index in [0.717, 1.165) is 25.7 Å². The van der Waals surface area contributed by atoms with Gasteiger partial charge in [0, 0.05) is 12.8 Å². The molecule has 0 saturated carbocycles. The van der Waals surface area contributed by atoms with E-state index in [9.17, 15) is 9.59 Å². The quantitative estimate of drug-likeness (QED) is 0.184. The Labute approximate surface area is 159 Å². The Bertz CT molecular complexity index is 319. The Hall–Kier alpha value is -0.0800. The molecule has 1 atom stereocenters. The fourth-order valence-electron chi connectivity index (χ4n) is 3.14. The fourth-order valence-corrected chi connectivity index (χ4v) is 3.49. The van der Waals surface area contributed by atoms with Crippen LogP contribution in [-0.2, 0) is 9.59 Å². The van der Waals surface area contributed by atoms with Crippen molar-refractivity contribution in [3.05, 3.63) is 0 Å². The summed E-state index contributed by atoms with van der Waals surface area (Å²) in [6.07, 6.45) is 18.4. The highest BCUT2D eigenvalue weighted by atomic mass is 35.5. The van der Waals surface area contributed by atoms with E-state index in [1.165, 1.54) is 64.2 Å². The summed E-state index contributed by atoms with van der Waals surface area (Å²) in [7, 11) is 0. The zero-order valence-corrected chi connectivity index (χ0v) is 17.0. The van der Waals surface area contributed by atoms with Crippen LogP contribution in [0.3, 0.4) is 0 Å². The molecule has 0 amide bonds. The third-order valence-electron chi connectivity index (χ3n) is 4.76. The van der Waals surface area contributed by atoms with Crippen LogP contribution in [0, 0.1) is 5.92 Å². The first kappa shape index (κ1) is 23.9. The van der Waals surface area contributed by atoms with E-state index >= 15 is 0 Å². The van der Waals surface area contributed by atoms with Gasteiger partial charge in [0.1, 0.15) is 0 Å². The second kappa shape index (κ2) is 17.7. The molecule has 0 heterocycles. The number of unbranched alkanes of at least 4 members (excludes halogenated alkanes) is 11. The van der Waals surface area contributed by atoms with Crippen LogP contribution in [-0.4, -0.2) is 10.5 Å². The van der Waals surface area contributed by atoms with Gasteiger partial charge in [-0.2, -0.15) is 0 Å². The standard InChI is InChI=1S/C20H36Cl2O2/c1-2-18(17-20(22)24)15-13-11-9-7-5-3-4-6-8-10-12-14-16-19(21)23/h18H,2-17H2,1H3. The Morgan fingerprint density at radius 1 is 0.667 bits per heavy atom. The van der Waals surface area contributed by atoms with Gasteiger partial charge in [0.05, 0.1) is 0 Å². The molecule has 2 nitrogen and oxygen atoms in total. The first-order valence-electron chi connectivity index (χ1n) is 9.93. The van der Waals surface area contributed by atoms with E-state index in [4.69, 9.17) is 23.2 Å². The van der Waals surface area contributed by atoms with Crippen molar-refractivity contribution in [2.75, 3.05) is 0 Å². The molecule has 0 radical (unpaired) electrons. The third-order valence-corrected chi connectivity index (χ3v) is 5.11. The van der Waals surface area contributed by atoms with E-state index < -0.39 is 0 Å². The van der Waals surface area contributed by atoms with Gasteiger partial charge in [-0.1, -0.05) is 84.0 Å². The highest BCUT2D eigenvalue weighted by Crippen LogP contribution is 2.19. The van der Waals surface area contributed by atoms with Gasteiger partial charge in [0.2, 0.25) is 10.5 Å². The molecule has 0 fully saturated rings. The maximum absolute atomic E-state index is 10.9. The lowest BCUT2D eigenvalue weighted by Crippen LogP contribution is -2.03. The monoisotopic (exact) mass is 378 g/mol. The molecular formula is C20H36Cl2O2. The van der Waals surface area contributed by atoms with Gasteiger partial charge in [-0.15, -0.1) is 0 Å². The van der Waals surface area contributed by atoms with Crippen molar-refractivity contribution >= 4 is 33.7 Å². The predicted molar refractivity (Wildman–Crippen MR) is 105 cm³/mol. The van der Waals surface area contributed by atoms with Crippen LogP contribution in [0.2, 0.25) is 0 Å². The molecule has 0 aliphatic heterocycles. The zero-order chi connectivity index (χ0) is 18.0. The number of hydrogen-bond donors (Lipinski definition) is 0. The predicted octanol–water partition coefficient (Wildman–Crippen LogP) is 7.39. The summed E-state index contributed by atoms with van der Waals surface area (Å²) in [6.45, 7) is 2.14. The summed E-state index contributed by atoms with van der Waals surface area (Å²) in [6, 6.07) is 0. The Morgan fingerprint density at radius 3 is 1.46 bits per heavy atom. The minimum atomic E-state index is -0.201. The van der Waals surface area contributed by atoms with Crippen LogP contribution >= 0.6 is 23.2 Å². The molecule has 0 N–H and O–H groups in total. The van der Waals surface area contributed by atoms with E-state index in [-0.39, 0.29) is 10.5 Å². The van der Waals surface area contributed by atoms with E-state index in [1.54, 1.807) is 0 Å². The molecule has 24 heavy (non-hydrogen) atoms. The van der Waals surface area contributed by atoms with E-state index in [1.807, 2.05) is 0 Å². The minimum Gasteiger partial charge on any atom is -0.281 e. The van der Waals surface area contributed by atoms with Crippen molar-refractivity contribution in [2.24, 2.45) is 5.92 Å². The molecule has 0 spiro atoms. The number of carbonyl (C=O) groups is 2. The molecule has 0 bridgehead atoms. The summed E-state index contributed by atoms with van der Waals surface area (Å²) in [5.41, 5.74) is 0. The van der Waals surface area contributed by atoms with Crippen LogP contribution in [0.25, 0.3) is 0 Å². The van der Waals surface area contributed by atoms with Crippen molar-refractivity contribution in [3.8, 4) is 0 Å². The topological polar surface area (TPSA) is 34.1 Å². The first-order chi connectivity index (χ1) is 11.6. The molecule has 142 valence electrons. The Morgan fingerprint density at radius 2 is 1.08 bits per heavy atom. The summed E-state index contributed by atoms with van der Waals surface area (Å²) in [4.78, 5) is 21.5. The molecule has 0 saturated heterocycles. The van der Waals surface area contributed by atoms with Gasteiger partial charge < -0.3 is 0 Å². The van der Waals surface area contributed by atoms with E-state index in [2.05, 4.69) is 6.92 Å². The van der Waals surface area contributed by atoms with Gasteiger partial charge >= 0.3 is 0 Å². The maximum Gasteiger partial charge on any atom is 0.221 e. The van der Waals surface area contributed by atoms with Crippen LogP contribution in [0.4, 0.5) is 0 Å². The molecular weight excluding hydrogens is 343 g/mol. The average Bonchev–Trinajstić information content (AvgIpc) is 2.53. The molecule has 0 aliphatic rings. The van der Waals surface area contributed by atoms with Gasteiger partial charge in [-0.3, -0.25) is 9.59 Å². The van der Waals surface area contributed by atoms with E-state index in [0.29, 0.717) is 18.8 Å². The largest absolute Gasteiger partial charge is 0.281 e. The van der Waals surface area contributed by atoms with Crippen LogP contribution in [0.5, 0.6) is 0 Å². The van der Waals surface area contributed by atoms with Crippen LogP contribution < -0.4 is 0 Å². The smallest absolute Gasteiger partial charge is 0.221 e. The van der Waals surface area contributed by atoms with Crippen molar-refractivity contribution in [1.29, 1.82) is 0 Å². The second-order valence-electron chi connectivity index (χ2n) is 6.97. The molecule has 0 aliphatic carbocycles. The Balaban J connectivity index is 3.20. The van der Waals surface area contributed by atoms with Gasteiger partial charge in [-0.05, 0) is 42.0 Å². The van der Waals surface area contributed by atoms with Crippen molar-refractivity contribution in [2.45, 2.75) is 110 Å². The van der Waals surface area contributed by atoms with Crippen molar-refractivity contribution in [1.82, 2.24) is 0 Å². The molecule has 0 aromatic rings. The molecule has 1 unspecified atom stereocenters. The minimum absolute atomic E-state index is 0.186. The third kappa shape index (κ3) is 18.3. The van der Waals surface area contributed by atoms with Gasteiger partial charge in [0.25, 0.3) is 0 Å². The summed E-state index contributed by atoms with van der Waals surface area (Å²) < 4.78 is 0. The lowest BCUT2D eigenvalue weighted by atomic mass is 9.95. The van der Waals surface area contributed by atoms with Crippen LogP contribution in [0.15, 0.2) is 0 Å². The molecule has 0 aromatic carbocycles. The zero-order valence-electron chi connectivity index (χ0n) is 15.5. The summed E-state index contributed by atoms with van der Waals surface area (Å²) in [5.74, 6) is 0.484. The highest BCUT2D eigenvalue weighted by molar-refractivity contribution is 6.63. The van der Waals surface area contributed by atoms with Crippen molar-refractivity contribution < 1.29 is 9.59 Å². The van der Waals surface area contributed by atoms with Gasteiger partial charge in [-0.25, -0.2) is 0 Å². The molecule has 0 aromatic heterocycles. The average molecular weight is 379 g/mol. The normalized spacial score (nSPS) is 12.3. The summed E-state index contributed by atoms with van der Waals surface area (Å²) in [5, 5.41) is -0.387. The van der Waals surface area contributed by atoms with Crippen LogP contribution in [0.1, 0.15) is 110 Å². The SMILES string of the molecule is CCC(CCCCCCCCCCCCCCC(=O)Cl)CC(=O)Cl. The summed E-state index contributed by atoms with van der Waals surface area (Å²) >= 11 is 10.8. The molecule has 4 heteroatoms. The Kier molecular flexibility index (Phi) is 17.7.